The molecule has 0 bridgehead atoms. The molecular weight excluding hydrogens is 292 g/mol. The Morgan fingerprint density at radius 3 is 2.95 bits per heavy atom. The van der Waals surface area contributed by atoms with Gasteiger partial charge >= 0.3 is 0 Å². The Morgan fingerprint density at radius 1 is 1.58 bits per heavy atom. The fourth-order valence-corrected chi connectivity index (χ4v) is 4.67. The quantitative estimate of drug-likeness (QED) is 0.735. The van der Waals surface area contributed by atoms with E-state index in [1.807, 2.05) is 0 Å². The Labute approximate surface area is 114 Å². The average Bonchev–Trinajstić information content (AvgIpc) is 2.95. The van der Waals surface area contributed by atoms with Gasteiger partial charge in [-0.2, -0.15) is 4.31 Å². The molecule has 2 rings (SSSR count). The highest BCUT2D eigenvalue weighted by Crippen LogP contribution is 2.28. The second-order valence-electron chi connectivity index (χ2n) is 4.15. The molecule has 1 atom stereocenters. The van der Waals surface area contributed by atoms with Crippen molar-refractivity contribution in [2.75, 3.05) is 18.5 Å². The highest BCUT2D eigenvalue weighted by molar-refractivity contribution is 7.91. The van der Waals surface area contributed by atoms with Gasteiger partial charge in [0.25, 0.3) is 10.0 Å². The Balaban J connectivity index is 2.24. The molecule has 1 aromatic heterocycles. The van der Waals surface area contributed by atoms with E-state index in [-0.39, 0.29) is 22.0 Å². The van der Waals surface area contributed by atoms with Crippen LogP contribution in [0.4, 0.5) is 5.13 Å². The maximum Gasteiger partial charge on any atom is 0.272 e. The lowest BCUT2D eigenvalue weighted by molar-refractivity contribution is -0.114. The van der Waals surface area contributed by atoms with Gasteiger partial charge < -0.3 is 10.4 Å². The minimum absolute atomic E-state index is 0.144. The van der Waals surface area contributed by atoms with E-state index in [2.05, 4.69) is 15.5 Å². The summed E-state index contributed by atoms with van der Waals surface area (Å²) >= 11 is 0.802. The van der Waals surface area contributed by atoms with Gasteiger partial charge in [-0.3, -0.25) is 4.79 Å². The lowest BCUT2D eigenvalue weighted by Crippen LogP contribution is -2.37. The summed E-state index contributed by atoms with van der Waals surface area (Å²) in [5.41, 5.74) is 0. The molecule has 2 heterocycles. The molecule has 2 N–H and O–H groups in total. The number of anilines is 1. The van der Waals surface area contributed by atoms with Gasteiger partial charge in [-0.25, -0.2) is 8.42 Å². The van der Waals surface area contributed by atoms with Crippen molar-refractivity contribution in [2.45, 2.75) is 30.1 Å². The Hall–Kier alpha value is -1.10. The lowest BCUT2D eigenvalue weighted by Gasteiger charge is -2.20. The van der Waals surface area contributed by atoms with Gasteiger partial charge in [0.2, 0.25) is 15.4 Å². The monoisotopic (exact) mass is 306 g/mol. The number of carbonyl (C=O) groups excluding carboxylic acids is 1. The number of aliphatic hydroxyl groups is 1. The third-order valence-electron chi connectivity index (χ3n) is 2.75. The SMILES string of the molecule is CC(=O)Nc1nnc(S(=O)(=O)N2CCC[C@H]2CO)s1. The molecule has 1 saturated heterocycles. The van der Waals surface area contributed by atoms with Crippen LogP contribution in [-0.4, -0.2) is 53.1 Å². The Bertz CT molecular complexity index is 571. The van der Waals surface area contributed by atoms with Crippen LogP contribution in [0.15, 0.2) is 4.34 Å². The topological polar surface area (TPSA) is 112 Å². The van der Waals surface area contributed by atoms with Crippen molar-refractivity contribution in [1.29, 1.82) is 0 Å². The minimum atomic E-state index is -3.75. The van der Waals surface area contributed by atoms with Crippen LogP contribution < -0.4 is 5.32 Å². The standard InChI is InChI=1S/C9H14N4O4S2/c1-6(15)10-8-11-12-9(18-8)19(16,17)13-4-2-3-7(13)5-14/h7,14H,2-5H2,1H3,(H,10,11,15)/t7-/m0/s1. The fourth-order valence-electron chi connectivity index (χ4n) is 1.92. The van der Waals surface area contributed by atoms with Crippen LogP contribution in [0.5, 0.6) is 0 Å². The number of amides is 1. The van der Waals surface area contributed by atoms with Crippen molar-refractivity contribution < 1.29 is 18.3 Å². The lowest BCUT2D eigenvalue weighted by atomic mass is 10.2. The van der Waals surface area contributed by atoms with E-state index in [1.165, 1.54) is 11.2 Å². The first-order valence-corrected chi connectivity index (χ1v) is 7.94. The third-order valence-corrected chi connectivity index (χ3v) is 5.89. The van der Waals surface area contributed by atoms with E-state index in [1.54, 1.807) is 0 Å². The van der Waals surface area contributed by atoms with Crippen LogP contribution in [0.2, 0.25) is 0 Å². The summed E-state index contributed by atoms with van der Waals surface area (Å²) in [7, 11) is -3.75. The van der Waals surface area contributed by atoms with Crippen LogP contribution in [0.3, 0.4) is 0 Å². The number of nitrogens with one attached hydrogen (secondary N) is 1. The smallest absolute Gasteiger partial charge is 0.272 e. The Kier molecular flexibility index (Phi) is 4.13. The molecule has 106 valence electrons. The summed E-state index contributed by atoms with van der Waals surface area (Å²) in [6.07, 6.45) is 1.34. The highest BCUT2D eigenvalue weighted by Gasteiger charge is 2.37. The van der Waals surface area contributed by atoms with Crippen LogP contribution in [0, 0.1) is 0 Å². The highest BCUT2D eigenvalue weighted by atomic mass is 32.2. The number of aliphatic hydroxyl groups excluding tert-OH is 1. The zero-order valence-electron chi connectivity index (χ0n) is 10.2. The summed E-state index contributed by atoms with van der Waals surface area (Å²) in [6.45, 7) is 1.46. The predicted molar refractivity (Wildman–Crippen MR) is 68.2 cm³/mol. The molecule has 1 aliphatic heterocycles. The second-order valence-corrected chi connectivity index (χ2v) is 7.19. The molecule has 0 unspecified atom stereocenters. The number of rotatable bonds is 4. The van der Waals surface area contributed by atoms with E-state index in [9.17, 15) is 18.3 Å². The summed E-state index contributed by atoms with van der Waals surface area (Å²) in [4.78, 5) is 10.9. The summed E-state index contributed by atoms with van der Waals surface area (Å²) in [5, 5.41) is 18.9. The molecule has 1 aromatic rings. The molecule has 19 heavy (non-hydrogen) atoms. The van der Waals surface area contributed by atoms with Crippen molar-refractivity contribution in [3.63, 3.8) is 0 Å². The van der Waals surface area contributed by atoms with E-state index in [0.29, 0.717) is 19.4 Å². The minimum Gasteiger partial charge on any atom is -0.395 e. The number of sulfonamides is 1. The van der Waals surface area contributed by atoms with Crippen molar-refractivity contribution in [3.05, 3.63) is 0 Å². The van der Waals surface area contributed by atoms with Crippen molar-refractivity contribution in [1.82, 2.24) is 14.5 Å². The summed E-state index contributed by atoms with van der Waals surface area (Å²) in [6, 6.07) is -0.405. The molecule has 10 heteroatoms. The zero-order chi connectivity index (χ0) is 14.0. The third kappa shape index (κ3) is 2.91. The normalized spacial score (nSPS) is 20.6. The van der Waals surface area contributed by atoms with Crippen LogP contribution in [0.25, 0.3) is 0 Å². The largest absolute Gasteiger partial charge is 0.395 e. The Morgan fingerprint density at radius 2 is 2.32 bits per heavy atom. The molecule has 0 aromatic carbocycles. The number of carbonyl (C=O) groups is 1. The van der Waals surface area contributed by atoms with Crippen molar-refractivity contribution >= 4 is 32.4 Å². The van der Waals surface area contributed by atoms with Gasteiger partial charge in [-0.1, -0.05) is 11.3 Å². The van der Waals surface area contributed by atoms with E-state index < -0.39 is 16.1 Å². The first-order chi connectivity index (χ1) is 8.95. The molecule has 0 saturated carbocycles. The first kappa shape index (κ1) is 14.3. The van der Waals surface area contributed by atoms with E-state index in [4.69, 9.17) is 0 Å². The first-order valence-electron chi connectivity index (χ1n) is 5.69. The van der Waals surface area contributed by atoms with Crippen LogP contribution >= 0.6 is 11.3 Å². The molecule has 0 radical (unpaired) electrons. The van der Waals surface area contributed by atoms with E-state index >= 15 is 0 Å². The molecule has 0 aliphatic carbocycles. The van der Waals surface area contributed by atoms with Crippen molar-refractivity contribution in [3.8, 4) is 0 Å². The van der Waals surface area contributed by atoms with Gasteiger partial charge in [0, 0.05) is 19.5 Å². The van der Waals surface area contributed by atoms with Crippen molar-refractivity contribution in [2.24, 2.45) is 0 Å². The number of nitrogens with zero attached hydrogens (tertiary/aromatic N) is 3. The van der Waals surface area contributed by atoms with Gasteiger partial charge in [0.15, 0.2) is 0 Å². The van der Waals surface area contributed by atoms with Crippen LogP contribution in [0.1, 0.15) is 19.8 Å². The molecule has 0 spiro atoms. The van der Waals surface area contributed by atoms with Gasteiger partial charge in [-0.15, -0.1) is 10.2 Å². The summed E-state index contributed by atoms with van der Waals surface area (Å²) < 4.78 is 25.7. The van der Waals surface area contributed by atoms with Gasteiger partial charge in [0.1, 0.15) is 0 Å². The molecule has 8 nitrogen and oxygen atoms in total. The van der Waals surface area contributed by atoms with Crippen LogP contribution in [-0.2, 0) is 14.8 Å². The summed E-state index contributed by atoms with van der Waals surface area (Å²) in [5.74, 6) is -0.338. The molecular formula is C9H14N4O4S2. The average molecular weight is 306 g/mol. The van der Waals surface area contributed by atoms with Gasteiger partial charge in [-0.05, 0) is 12.8 Å². The number of hydrogen-bond donors (Lipinski definition) is 2. The zero-order valence-corrected chi connectivity index (χ0v) is 11.9. The number of aromatic nitrogens is 2. The fraction of sp³-hybridized carbons (Fsp3) is 0.667. The van der Waals surface area contributed by atoms with Gasteiger partial charge in [0.05, 0.1) is 6.61 Å². The molecule has 1 fully saturated rings. The predicted octanol–water partition coefficient (Wildman–Crippen LogP) is -0.358. The molecule has 1 amide bonds. The molecule has 1 aliphatic rings. The second kappa shape index (κ2) is 5.49. The number of hydrogen-bond acceptors (Lipinski definition) is 7. The maximum atomic E-state index is 12.3. The van der Waals surface area contributed by atoms with E-state index in [0.717, 1.165) is 11.3 Å². The maximum absolute atomic E-state index is 12.3.